The molecule has 2 atom stereocenters. The molecule has 3 rings (SSSR count). The summed E-state index contributed by atoms with van der Waals surface area (Å²) in [5.41, 5.74) is 2.33. The Balaban J connectivity index is 1.74. The smallest absolute Gasteiger partial charge is 0.143 e. The Bertz CT molecular complexity index is 679. The van der Waals surface area contributed by atoms with Crippen LogP contribution >= 0.6 is 23.2 Å². The second-order valence-corrected chi connectivity index (χ2v) is 6.81. The summed E-state index contributed by atoms with van der Waals surface area (Å²) in [6.45, 7) is 1.74. The minimum Gasteiger partial charge on any atom is -0.495 e. The van der Waals surface area contributed by atoms with Crippen molar-refractivity contribution in [1.29, 1.82) is 0 Å². The van der Waals surface area contributed by atoms with Gasteiger partial charge in [-0.25, -0.2) is 0 Å². The van der Waals surface area contributed by atoms with Gasteiger partial charge in [0.1, 0.15) is 10.8 Å². The first-order chi connectivity index (χ1) is 11.7. The van der Waals surface area contributed by atoms with E-state index in [1.54, 1.807) is 7.11 Å². The summed E-state index contributed by atoms with van der Waals surface area (Å²) in [6.07, 6.45) is 2.30. The molecule has 1 fully saturated rings. The molecule has 1 aliphatic rings. The van der Waals surface area contributed by atoms with E-state index in [-0.39, 0.29) is 0 Å². The molecule has 2 aromatic carbocycles. The summed E-state index contributed by atoms with van der Waals surface area (Å²) in [5, 5.41) is 8.28. The number of halogens is 2. The predicted octanol–water partition coefficient (Wildman–Crippen LogP) is 4.58. The molecule has 1 heterocycles. The molecule has 24 heavy (non-hydrogen) atoms. The fourth-order valence-corrected chi connectivity index (χ4v) is 3.70. The van der Waals surface area contributed by atoms with Crippen molar-refractivity contribution < 1.29 is 4.74 Å². The van der Waals surface area contributed by atoms with Crippen molar-refractivity contribution in [3.8, 4) is 5.75 Å². The fourth-order valence-electron chi connectivity index (χ4n) is 3.29. The zero-order valence-corrected chi connectivity index (χ0v) is 15.2. The molecule has 5 heteroatoms. The van der Waals surface area contributed by atoms with Crippen LogP contribution in [0.2, 0.25) is 10.0 Å². The average Bonchev–Trinajstić information content (AvgIpc) is 2.63. The van der Waals surface area contributed by atoms with Crippen LogP contribution in [0.4, 0.5) is 0 Å². The van der Waals surface area contributed by atoms with E-state index in [9.17, 15) is 0 Å². The van der Waals surface area contributed by atoms with Gasteiger partial charge in [0.15, 0.2) is 0 Å². The van der Waals surface area contributed by atoms with Gasteiger partial charge in [0.05, 0.1) is 12.1 Å². The largest absolute Gasteiger partial charge is 0.495 e. The number of hydrogen-bond donors (Lipinski definition) is 2. The molecular weight excluding hydrogens is 343 g/mol. The van der Waals surface area contributed by atoms with Crippen LogP contribution in [0.15, 0.2) is 42.5 Å². The highest BCUT2D eigenvalue weighted by atomic mass is 35.5. The van der Waals surface area contributed by atoms with Crippen LogP contribution in [0.1, 0.15) is 30.0 Å². The summed E-state index contributed by atoms with van der Waals surface area (Å²) in [6, 6.07) is 15.0. The molecule has 2 aromatic rings. The molecule has 0 radical (unpaired) electrons. The van der Waals surface area contributed by atoms with Crippen LogP contribution in [0.25, 0.3) is 0 Å². The van der Waals surface area contributed by atoms with Crippen molar-refractivity contribution in [2.45, 2.75) is 31.5 Å². The van der Waals surface area contributed by atoms with Gasteiger partial charge >= 0.3 is 0 Å². The maximum absolute atomic E-state index is 6.25. The maximum Gasteiger partial charge on any atom is 0.143 e. The van der Waals surface area contributed by atoms with Crippen LogP contribution in [-0.4, -0.2) is 19.7 Å². The van der Waals surface area contributed by atoms with Crippen LogP contribution < -0.4 is 15.4 Å². The van der Waals surface area contributed by atoms with Crippen LogP contribution in [0.5, 0.6) is 5.75 Å². The number of rotatable bonds is 5. The van der Waals surface area contributed by atoms with E-state index in [0.717, 1.165) is 18.5 Å². The molecule has 0 saturated carbocycles. The third-order valence-corrected chi connectivity index (χ3v) is 5.29. The van der Waals surface area contributed by atoms with E-state index in [4.69, 9.17) is 27.9 Å². The first kappa shape index (κ1) is 17.6. The second-order valence-electron chi connectivity index (χ2n) is 6.03. The second kappa shape index (κ2) is 8.21. The molecule has 0 aromatic heterocycles. The van der Waals surface area contributed by atoms with Gasteiger partial charge in [0.25, 0.3) is 0 Å². The number of nitrogens with one attached hydrogen (secondary N) is 2. The minimum atomic E-state index is 0.314. The maximum atomic E-state index is 6.25. The predicted molar refractivity (Wildman–Crippen MR) is 100 cm³/mol. The van der Waals surface area contributed by atoms with E-state index < -0.39 is 0 Å². The van der Waals surface area contributed by atoms with Gasteiger partial charge in [-0.3, -0.25) is 0 Å². The van der Waals surface area contributed by atoms with Crippen molar-refractivity contribution in [3.63, 3.8) is 0 Å². The van der Waals surface area contributed by atoms with Gasteiger partial charge in [-0.05, 0) is 31.0 Å². The Morgan fingerprint density at radius 1 is 1.17 bits per heavy atom. The summed E-state index contributed by atoms with van der Waals surface area (Å²) < 4.78 is 5.44. The van der Waals surface area contributed by atoms with Crippen LogP contribution in [-0.2, 0) is 6.54 Å². The lowest BCUT2D eigenvalue weighted by molar-refractivity contribution is 0.303. The van der Waals surface area contributed by atoms with Crippen molar-refractivity contribution >= 4 is 23.2 Å². The molecule has 0 aliphatic carbocycles. The highest BCUT2D eigenvalue weighted by Crippen LogP contribution is 2.35. The fraction of sp³-hybridized carbons (Fsp3) is 0.368. The summed E-state index contributed by atoms with van der Waals surface area (Å²) in [4.78, 5) is 0. The topological polar surface area (TPSA) is 33.3 Å². The zero-order chi connectivity index (χ0) is 16.9. The van der Waals surface area contributed by atoms with E-state index in [2.05, 4.69) is 41.0 Å². The van der Waals surface area contributed by atoms with Crippen LogP contribution in [0.3, 0.4) is 0 Å². The standard InChI is InChI=1S/C19H22Cl2N2O/c1-24-19-14(9-10-15(20)17(19)21)12-23-16-8-5-11-22-18(16)13-6-3-2-4-7-13/h2-4,6-7,9-10,16,18,22-23H,5,8,11-12H2,1H3/t16-,18-/m0/s1. The number of piperidine rings is 1. The third-order valence-electron chi connectivity index (χ3n) is 4.51. The lowest BCUT2D eigenvalue weighted by Gasteiger charge is -2.34. The van der Waals surface area contributed by atoms with Gasteiger partial charge in [-0.2, -0.15) is 0 Å². The molecule has 1 saturated heterocycles. The average molecular weight is 365 g/mol. The van der Waals surface area contributed by atoms with Crippen molar-refractivity contribution in [1.82, 2.24) is 10.6 Å². The van der Waals surface area contributed by atoms with E-state index >= 15 is 0 Å². The summed E-state index contributed by atoms with van der Waals surface area (Å²) >= 11 is 12.3. The van der Waals surface area contributed by atoms with Gasteiger partial charge < -0.3 is 15.4 Å². The molecule has 128 valence electrons. The van der Waals surface area contributed by atoms with Crippen molar-refractivity contribution in [3.05, 3.63) is 63.6 Å². The lowest BCUT2D eigenvalue weighted by atomic mass is 9.92. The Labute approximate surface area is 153 Å². The van der Waals surface area contributed by atoms with E-state index in [1.807, 2.05) is 12.1 Å². The molecule has 0 spiro atoms. The van der Waals surface area contributed by atoms with Crippen LogP contribution in [0, 0.1) is 0 Å². The Kier molecular flexibility index (Phi) is 6.01. The highest BCUT2D eigenvalue weighted by Gasteiger charge is 2.26. The molecular formula is C19H22Cl2N2O. The van der Waals surface area contributed by atoms with Gasteiger partial charge in [0.2, 0.25) is 0 Å². The van der Waals surface area contributed by atoms with Gasteiger partial charge in [0, 0.05) is 24.2 Å². The number of benzene rings is 2. The Hall–Kier alpha value is -1.26. The Morgan fingerprint density at radius 3 is 2.71 bits per heavy atom. The number of ether oxygens (including phenoxy) is 1. The summed E-state index contributed by atoms with van der Waals surface area (Å²) in [7, 11) is 1.62. The van der Waals surface area contributed by atoms with E-state index in [0.29, 0.717) is 34.4 Å². The summed E-state index contributed by atoms with van der Waals surface area (Å²) in [5.74, 6) is 0.650. The quantitative estimate of drug-likeness (QED) is 0.814. The molecule has 1 aliphatic heterocycles. The molecule has 0 unspecified atom stereocenters. The zero-order valence-electron chi connectivity index (χ0n) is 13.7. The monoisotopic (exact) mass is 364 g/mol. The lowest BCUT2D eigenvalue weighted by Crippen LogP contribution is -2.45. The number of methoxy groups -OCH3 is 1. The molecule has 0 bridgehead atoms. The SMILES string of the molecule is COc1c(CN[C@H]2CCCN[C@H]2c2ccccc2)ccc(Cl)c1Cl. The minimum absolute atomic E-state index is 0.314. The Morgan fingerprint density at radius 2 is 1.96 bits per heavy atom. The first-order valence-corrected chi connectivity index (χ1v) is 8.99. The van der Waals surface area contributed by atoms with Gasteiger partial charge in [-0.15, -0.1) is 0 Å². The number of hydrogen-bond acceptors (Lipinski definition) is 3. The highest BCUT2D eigenvalue weighted by molar-refractivity contribution is 6.43. The molecule has 0 amide bonds. The molecule has 3 nitrogen and oxygen atoms in total. The molecule has 2 N–H and O–H groups in total. The third kappa shape index (κ3) is 3.86. The van der Waals surface area contributed by atoms with Gasteiger partial charge in [-0.1, -0.05) is 59.6 Å². The van der Waals surface area contributed by atoms with Crippen molar-refractivity contribution in [2.24, 2.45) is 0 Å². The first-order valence-electron chi connectivity index (χ1n) is 8.23. The normalized spacial score (nSPS) is 20.8. The van der Waals surface area contributed by atoms with Crippen molar-refractivity contribution in [2.75, 3.05) is 13.7 Å². The van der Waals surface area contributed by atoms with E-state index in [1.165, 1.54) is 12.0 Å².